The summed E-state index contributed by atoms with van der Waals surface area (Å²) in [5.41, 5.74) is 0.241. The second kappa shape index (κ2) is 5.47. The minimum Gasteiger partial charge on any atom is -0.337 e. The van der Waals surface area contributed by atoms with Crippen LogP contribution >= 0.6 is 0 Å². The van der Waals surface area contributed by atoms with E-state index >= 15 is 0 Å². The van der Waals surface area contributed by atoms with E-state index in [4.69, 9.17) is 0 Å². The van der Waals surface area contributed by atoms with Gasteiger partial charge in [-0.3, -0.25) is 4.79 Å². The fourth-order valence-electron chi connectivity index (χ4n) is 2.51. The number of alkyl halides is 2. The molecule has 1 saturated heterocycles. The number of carbonyl (C=O) groups excluding carboxylic acids is 1. The quantitative estimate of drug-likeness (QED) is 0.856. The highest BCUT2D eigenvalue weighted by Gasteiger charge is 2.42. The van der Waals surface area contributed by atoms with Gasteiger partial charge in [-0.25, -0.2) is 18.4 Å². The lowest BCUT2D eigenvalue weighted by molar-refractivity contribution is -0.0921. The summed E-state index contributed by atoms with van der Waals surface area (Å²) in [5.74, 6) is -3.36. The lowest BCUT2D eigenvalue weighted by Gasteiger charge is -2.36. The number of hydrogen-bond acceptors (Lipinski definition) is 3. The molecule has 1 aliphatic rings. The molecule has 0 bridgehead atoms. The second-order valence-electron chi connectivity index (χ2n) is 5.49. The zero-order valence-electron chi connectivity index (χ0n) is 12.1. The first-order valence-corrected chi connectivity index (χ1v) is 7.11. The summed E-state index contributed by atoms with van der Waals surface area (Å²) in [7, 11) is 0. The molecule has 0 spiro atoms. The largest absolute Gasteiger partial charge is 0.337 e. The summed E-state index contributed by atoms with van der Waals surface area (Å²) in [5, 5.41) is 4.06. The van der Waals surface area contributed by atoms with Crippen molar-refractivity contribution in [3.63, 3.8) is 0 Å². The summed E-state index contributed by atoms with van der Waals surface area (Å²) in [6, 6.07) is 6.79. The number of pyridine rings is 1. The van der Waals surface area contributed by atoms with Gasteiger partial charge in [0.2, 0.25) is 0 Å². The van der Waals surface area contributed by atoms with Gasteiger partial charge in [-0.05, 0) is 18.2 Å². The molecule has 3 rings (SSSR count). The van der Waals surface area contributed by atoms with Gasteiger partial charge in [0.05, 0.1) is 0 Å². The molecule has 0 radical (unpaired) electrons. The Labute approximate surface area is 126 Å². The Kier molecular flexibility index (Phi) is 3.64. The second-order valence-corrected chi connectivity index (χ2v) is 5.49. The first kappa shape index (κ1) is 14.6. The third kappa shape index (κ3) is 2.70. The Balaban J connectivity index is 1.80. The fraction of sp³-hybridized carbons (Fsp3) is 0.400. The lowest BCUT2D eigenvalue weighted by Crippen LogP contribution is -2.48. The minimum absolute atomic E-state index is 0.0412. The number of nitrogens with zero attached hydrogens (tertiary/aromatic N) is 4. The topological polar surface area (TPSA) is 51.0 Å². The van der Waals surface area contributed by atoms with Crippen molar-refractivity contribution < 1.29 is 13.6 Å². The summed E-state index contributed by atoms with van der Waals surface area (Å²) in [6.45, 7) is 1.55. The van der Waals surface area contributed by atoms with Crippen LogP contribution in [-0.4, -0.2) is 44.6 Å². The van der Waals surface area contributed by atoms with Gasteiger partial charge >= 0.3 is 0 Å². The van der Waals surface area contributed by atoms with Crippen molar-refractivity contribution in [2.45, 2.75) is 19.3 Å². The number of amides is 1. The molecule has 1 aliphatic heterocycles. The number of hydrogen-bond donors (Lipinski definition) is 0. The fourth-order valence-corrected chi connectivity index (χ4v) is 2.51. The van der Waals surface area contributed by atoms with E-state index in [1.165, 1.54) is 11.8 Å². The van der Waals surface area contributed by atoms with Crippen LogP contribution in [0.3, 0.4) is 0 Å². The molecule has 2 aromatic rings. The van der Waals surface area contributed by atoms with Crippen LogP contribution < -0.4 is 0 Å². The van der Waals surface area contributed by atoms with Gasteiger partial charge in [-0.2, -0.15) is 5.10 Å². The molecule has 1 fully saturated rings. The monoisotopic (exact) mass is 306 g/mol. The molecule has 0 aliphatic carbocycles. The van der Waals surface area contributed by atoms with Crippen LogP contribution in [0.2, 0.25) is 0 Å². The van der Waals surface area contributed by atoms with Crippen LogP contribution in [-0.2, 0) is 0 Å². The first-order chi connectivity index (χ1) is 10.5. The third-order valence-electron chi connectivity index (χ3n) is 3.91. The number of rotatable bonds is 2. The Morgan fingerprint density at radius 1 is 1.36 bits per heavy atom. The first-order valence-electron chi connectivity index (χ1n) is 7.11. The zero-order chi connectivity index (χ0) is 15.7. The standard InChI is InChI=1S/C15H16F2N4O/c1-11-10-20(9-6-15(11,16)17)14(22)12-4-2-5-13(19-12)21-8-3-7-18-21/h2-5,7-8,11H,6,9-10H2,1H3/t11-/m0/s1. The van der Waals surface area contributed by atoms with Gasteiger partial charge in [-0.15, -0.1) is 0 Å². The molecule has 7 heteroatoms. The number of carbonyl (C=O) groups is 1. The van der Waals surface area contributed by atoms with Crippen LogP contribution in [0.15, 0.2) is 36.7 Å². The van der Waals surface area contributed by atoms with Crippen molar-refractivity contribution in [3.8, 4) is 5.82 Å². The van der Waals surface area contributed by atoms with E-state index in [1.54, 1.807) is 41.3 Å². The number of halogens is 2. The predicted octanol–water partition coefficient (Wildman–Crippen LogP) is 2.38. The van der Waals surface area contributed by atoms with Gasteiger partial charge in [0.25, 0.3) is 11.8 Å². The molecular formula is C15H16F2N4O. The molecule has 0 aromatic carbocycles. The summed E-state index contributed by atoms with van der Waals surface area (Å²) >= 11 is 0. The van der Waals surface area contributed by atoms with E-state index in [9.17, 15) is 13.6 Å². The van der Waals surface area contributed by atoms with E-state index in [0.29, 0.717) is 5.82 Å². The van der Waals surface area contributed by atoms with E-state index in [1.807, 2.05) is 0 Å². The lowest BCUT2D eigenvalue weighted by atomic mass is 9.95. The van der Waals surface area contributed by atoms with Crippen molar-refractivity contribution in [2.75, 3.05) is 13.1 Å². The number of piperidine rings is 1. The Bertz CT molecular complexity index is 672. The van der Waals surface area contributed by atoms with Crippen molar-refractivity contribution in [1.82, 2.24) is 19.7 Å². The highest BCUT2D eigenvalue weighted by molar-refractivity contribution is 5.92. The molecule has 0 unspecified atom stereocenters. The van der Waals surface area contributed by atoms with Crippen molar-refractivity contribution in [2.24, 2.45) is 5.92 Å². The average molecular weight is 306 g/mol. The zero-order valence-corrected chi connectivity index (χ0v) is 12.1. The maximum atomic E-state index is 13.5. The van der Waals surface area contributed by atoms with Gasteiger partial charge in [0, 0.05) is 37.8 Å². The molecule has 116 valence electrons. The molecule has 0 saturated carbocycles. The van der Waals surface area contributed by atoms with E-state index < -0.39 is 11.8 Å². The van der Waals surface area contributed by atoms with Crippen LogP contribution in [0, 0.1) is 5.92 Å². The number of likely N-dealkylation sites (tertiary alicyclic amines) is 1. The molecule has 0 N–H and O–H groups in total. The minimum atomic E-state index is -2.71. The predicted molar refractivity (Wildman–Crippen MR) is 76.0 cm³/mol. The smallest absolute Gasteiger partial charge is 0.272 e. The maximum absolute atomic E-state index is 13.5. The van der Waals surface area contributed by atoms with E-state index in [2.05, 4.69) is 10.1 Å². The highest BCUT2D eigenvalue weighted by atomic mass is 19.3. The maximum Gasteiger partial charge on any atom is 0.272 e. The Hall–Kier alpha value is -2.31. The molecule has 1 atom stereocenters. The number of aromatic nitrogens is 3. The SMILES string of the molecule is C[C@H]1CN(C(=O)c2cccc(-n3cccn3)n2)CCC1(F)F. The summed E-state index contributed by atoms with van der Waals surface area (Å²) < 4.78 is 28.6. The molecular weight excluding hydrogens is 290 g/mol. The van der Waals surface area contributed by atoms with E-state index in [-0.39, 0.29) is 31.1 Å². The van der Waals surface area contributed by atoms with Crippen molar-refractivity contribution in [3.05, 3.63) is 42.4 Å². The molecule has 3 heterocycles. The average Bonchev–Trinajstić information content (AvgIpc) is 3.04. The summed E-state index contributed by atoms with van der Waals surface area (Å²) in [4.78, 5) is 18.2. The Morgan fingerprint density at radius 2 is 2.18 bits per heavy atom. The summed E-state index contributed by atoms with van der Waals surface area (Å²) in [6.07, 6.45) is 3.03. The molecule has 22 heavy (non-hydrogen) atoms. The van der Waals surface area contributed by atoms with Crippen LogP contribution in [0.25, 0.3) is 5.82 Å². The van der Waals surface area contributed by atoms with E-state index in [0.717, 1.165) is 0 Å². The van der Waals surface area contributed by atoms with Crippen LogP contribution in [0.1, 0.15) is 23.8 Å². The molecule has 5 nitrogen and oxygen atoms in total. The van der Waals surface area contributed by atoms with Crippen LogP contribution in [0.5, 0.6) is 0 Å². The molecule has 2 aromatic heterocycles. The third-order valence-corrected chi connectivity index (χ3v) is 3.91. The van der Waals surface area contributed by atoms with Crippen molar-refractivity contribution in [1.29, 1.82) is 0 Å². The van der Waals surface area contributed by atoms with Crippen LogP contribution in [0.4, 0.5) is 8.78 Å². The highest BCUT2D eigenvalue weighted by Crippen LogP contribution is 2.33. The van der Waals surface area contributed by atoms with Crippen molar-refractivity contribution >= 4 is 5.91 Å². The van der Waals surface area contributed by atoms with Gasteiger partial charge < -0.3 is 4.90 Å². The van der Waals surface area contributed by atoms with Gasteiger partial charge in [0.15, 0.2) is 5.82 Å². The Morgan fingerprint density at radius 3 is 2.86 bits per heavy atom. The normalized spacial score (nSPS) is 20.9. The molecule has 1 amide bonds. The van der Waals surface area contributed by atoms with Gasteiger partial charge in [0.1, 0.15) is 5.69 Å². The van der Waals surface area contributed by atoms with Gasteiger partial charge in [-0.1, -0.05) is 13.0 Å².